The van der Waals surface area contributed by atoms with Crippen molar-refractivity contribution in [2.24, 2.45) is 0 Å². The van der Waals surface area contributed by atoms with Gasteiger partial charge < -0.3 is 4.89 Å². The molecule has 4 nitrogen and oxygen atoms in total. The van der Waals surface area contributed by atoms with Crippen molar-refractivity contribution in [1.29, 1.82) is 5.26 Å². The van der Waals surface area contributed by atoms with Gasteiger partial charge in [-0.1, -0.05) is 60.7 Å². The quantitative estimate of drug-likeness (QED) is 0.164. The number of fused-ring (bicyclic) bond motifs is 4. The highest BCUT2D eigenvalue weighted by Crippen LogP contribution is 2.53. The fraction of sp³-hybridized carbons (Fsp3) is 0.212. The lowest BCUT2D eigenvalue weighted by Gasteiger charge is -2.27. The zero-order chi connectivity index (χ0) is 25.2. The molecule has 1 atom stereocenters. The van der Waals surface area contributed by atoms with Crippen LogP contribution in [0.4, 0.5) is 5.69 Å². The first kappa shape index (κ1) is 23.0. The van der Waals surface area contributed by atoms with Crippen LogP contribution in [0.15, 0.2) is 84.9 Å². The average molecular weight is 483 g/mol. The van der Waals surface area contributed by atoms with E-state index in [1.807, 2.05) is 30.3 Å². The standard InChI is InChI=1S/C33H26N2O2/c1-35-29-11-7-23(8-12-29)18-26-6-9-27-14-16-33(31(27)19-26)17-15-28-10-13-30(20-32(28)33)37-36-22-25-4-2-24(21-34)3-5-25/h2-13,19-20H,14-18,22H2. The van der Waals surface area contributed by atoms with Crippen LogP contribution in [0.2, 0.25) is 0 Å². The van der Waals surface area contributed by atoms with Crippen LogP contribution < -0.4 is 4.89 Å². The first-order valence-corrected chi connectivity index (χ1v) is 12.7. The highest BCUT2D eigenvalue weighted by atomic mass is 17.2. The lowest BCUT2D eigenvalue weighted by molar-refractivity contribution is -0.217. The molecule has 6 rings (SSSR count). The van der Waals surface area contributed by atoms with E-state index in [4.69, 9.17) is 21.6 Å². The van der Waals surface area contributed by atoms with Crippen LogP contribution in [-0.4, -0.2) is 0 Å². The van der Waals surface area contributed by atoms with Crippen molar-refractivity contribution >= 4 is 5.69 Å². The molecule has 4 heteroatoms. The van der Waals surface area contributed by atoms with Gasteiger partial charge in [0.2, 0.25) is 0 Å². The molecule has 37 heavy (non-hydrogen) atoms. The van der Waals surface area contributed by atoms with Crippen molar-refractivity contribution < 1.29 is 9.78 Å². The van der Waals surface area contributed by atoms with Gasteiger partial charge in [0.05, 0.1) is 18.2 Å². The van der Waals surface area contributed by atoms with Crippen LogP contribution in [0, 0.1) is 17.9 Å². The molecular formula is C33H26N2O2. The second kappa shape index (κ2) is 9.58. The normalized spacial score (nSPS) is 17.1. The average Bonchev–Trinajstić information content (AvgIpc) is 3.50. The predicted octanol–water partition coefficient (Wildman–Crippen LogP) is 7.39. The summed E-state index contributed by atoms with van der Waals surface area (Å²) in [6, 6.07) is 30.7. The van der Waals surface area contributed by atoms with Gasteiger partial charge in [-0.2, -0.15) is 10.1 Å². The van der Waals surface area contributed by atoms with Crippen LogP contribution in [0.25, 0.3) is 4.85 Å². The maximum absolute atomic E-state index is 8.96. The van der Waals surface area contributed by atoms with Crippen molar-refractivity contribution in [3.05, 3.63) is 141 Å². The molecule has 0 amide bonds. The number of aryl methyl sites for hydroxylation is 2. The van der Waals surface area contributed by atoms with Crippen molar-refractivity contribution in [3.8, 4) is 11.8 Å². The van der Waals surface area contributed by atoms with Crippen LogP contribution in [-0.2, 0) is 36.2 Å². The summed E-state index contributed by atoms with van der Waals surface area (Å²) in [5.74, 6) is 0.721. The van der Waals surface area contributed by atoms with Gasteiger partial charge in [0.15, 0.2) is 11.4 Å². The minimum Gasteiger partial charge on any atom is -0.337 e. The Morgan fingerprint density at radius 3 is 2.14 bits per heavy atom. The summed E-state index contributed by atoms with van der Waals surface area (Å²) >= 11 is 0. The predicted molar refractivity (Wildman–Crippen MR) is 142 cm³/mol. The second-order valence-electron chi connectivity index (χ2n) is 10.0. The third-order valence-electron chi connectivity index (χ3n) is 7.87. The van der Waals surface area contributed by atoms with Crippen LogP contribution in [0.3, 0.4) is 0 Å². The maximum atomic E-state index is 8.96. The van der Waals surface area contributed by atoms with Crippen molar-refractivity contribution in [1.82, 2.24) is 0 Å². The summed E-state index contributed by atoms with van der Waals surface area (Å²) in [7, 11) is 0. The number of nitriles is 1. The third kappa shape index (κ3) is 4.38. The zero-order valence-electron chi connectivity index (χ0n) is 20.5. The molecule has 4 aromatic rings. The maximum Gasteiger partial charge on any atom is 0.187 e. The van der Waals surface area contributed by atoms with Crippen molar-refractivity contribution in [2.45, 2.75) is 44.1 Å². The number of benzene rings is 4. The summed E-state index contributed by atoms with van der Waals surface area (Å²) in [5.41, 5.74) is 10.5. The fourth-order valence-electron chi connectivity index (χ4n) is 5.94. The summed E-state index contributed by atoms with van der Waals surface area (Å²) in [6.07, 6.45) is 5.27. The highest BCUT2D eigenvalue weighted by molar-refractivity contribution is 5.56. The molecule has 180 valence electrons. The van der Waals surface area contributed by atoms with E-state index in [1.165, 1.54) is 33.4 Å². The molecule has 0 heterocycles. The molecule has 1 spiro atoms. The van der Waals surface area contributed by atoms with Gasteiger partial charge in [-0.15, -0.1) is 0 Å². The second-order valence-corrected chi connectivity index (χ2v) is 10.0. The molecule has 2 aliphatic rings. The monoisotopic (exact) mass is 482 g/mol. The lowest BCUT2D eigenvalue weighted by atomic mass is 9.76. The molecule has 0 radical (unpaired) electrons. The number of hydrogen-bond acceptors (Lipinski definition) is 3. The summed E-state index contributed by atoms with van der Waals surface area (Å²) in [5, 5.41) is 8.96. The van der Waals surface area contributed by atoms with Gasteiger partial charge in [0, 0.05) is 5.41 Å². The van der Waals surface area contributed by atoms with Crippen molar-refractivity contribution in [3.63, 3.8) is 0 Å². The van der Waals surface area contributed by atoms with Crippen LogP contribution in [0.5, 0.6) is 5.75 Å². The Hall–Kier alpha value is -4.38. The number of rotatable bonds is 6. The Morgan fingerprint density at radius 1 is 0.784 bits per heavy atom. The molecule has 4 aromatic carbocycles. The zero-order valence-corrected chi connectivity index (χ0v) is 20.5. The van der Waals surface area contributed by atoms with E-state index in [9.17, 15) is 0 Å². The summed E-state index contributed by atoms with van der Waals surface area (Å²) < 4.78 is 0. The highest BCUT2D eigenvalue weighted by Gasteiger charge is 2.45. The Labute approximate surface area is 217 Å². The van der Waals surface area contributed by atoms with E-state index in [0.29, 0.717) is 17.9 Å². The Bertz CT molecular complexity index is 1540. The van der Waals surface area contributed by atoms with Crippen molar-refractivity contribution in [2.75, 3.05) is 0 Å². The third-order valence-corrected chi connectivity index (χ3v) is 7.87. The topological polar surface area (TPSA) is 46.6 Å². The van der Waals surface area contributed by atoms with Gasteiger partial charge in [-0.05, 0) is 95.3 Å². The molecule has 0 saturated heterocycles. The lowest BCUT2D eigenvalue weighted by Crippen LogP contribution is -2.21. The molecule has 1 unspecified atom stereocenters. The van der Waals surface area contributed by atoms with Gasteiger partial charge >= 0.3 is 0 Å². The van der Waals surface area contributed by atoms with E-state index in [2.05, 4.69) is 53.4 Å². The first-order valence-electron chi connectivity index (χ1n) is 12.7. The Balaban J connectivity index is 1.22. The molecule has 0 fully saturated rings. The molecule has 0 aromatic heterocycles. The van der Waals surface area contributed by atoms with Gasteiger partial charge in [0.25, 0.3) is 0 Å². The SMILES string of the molecule is [C-]#[N+]c1ccc(Cc2ccc3c(c2)C2(CC3)CCc3ccc(OOCc4ccc(C#N)cc4)cc32)cc1. The van der Waals surface area contributed by atoms with E-state index in [1.54, 1.807) is 12.1 Å². The summed E-state index contributed by atoms with van der Waals surface area (Å²) in [6.45, 7) is 7.49. The molecular weight excluding hydrogens is 456 g/mol. The summed E-state index contributed by atoms with van der Waals surface area (Å²) in [4.78, 5) is 14.8. The minimum atomic E-state index is 0.0289. The number of hydrogen-bond donors (Lipinski definition) is 0. The molecule has 2 aliphatic carbocycles. The van der Waals surface area contributed by atoms with E-state index in [-0.39, 0.29) is 5.41 Å². The van der Waals surface area contributed by atoms with Gasteiger partial charge in [-0.25, -0.2) is 4.85 Å². The van der Waals surface area contributed by atoms with E-state index in [0.717, 1.165) is 43.4 Å². The Morgan fingerprint density at radius 2 is 1.43 bits per heavy atom. The van der Waals surface area contributed by atoms with E-state index < -0.39 is 0 Å². The molecule has 0 aliphatic heterocycles. The molecule has 0 bridgehead atoms. The Kier molecular flexibility index (Phi) is 5.97. The molecule has 0 saturated carbocycles. The smallest absolute Gasteiger partial charge is 0.187 e. The largest absolute Gasteiger partial charge is 0.337 e. The first-order chi connectivity index (χ1) is 18.2. The minimum absolute atomic E-state index is 0.0289. The molecule has 0 N–H and O–H groups in total. The van der Waals surface area contributed by atoms with Crippen LogP contribution >= 0.6 is 0 Å². The van der Waals surface area contributed by atoms with E-state index >= 15 is 0 Å². The van der Waals surface area contributed by atoms with Gasteiger partial charge in [0.1, 0.15) is 6.61 Å². The van der Waals surface area contributed by atoms with Crippen LogP contribution in [0.1, 0.15) is 57.3 Å². The fourth-order valence-corrected chi connectivity index (χ4v) is 5.94. The van der Waals surface area contributed by atoms with Gasteiger partial charge in [-0.3, -0.25) is 0 Å². The number of nitrogens with zero attached hydrogens (tertiary/aromatic N) is 2.